The van der Waals surface area contributed by atoms with Crippen LogP contribution >= 0.6 is 0 Å². The second-order valence-electron chi connectivity index (χ2n) is 17.5. The van der Waals surface area contributed by atoms with Gasteiger partial charge in [-0.3, -0.25) is 19.2 Å². The number of aliphatic hydroxyl groups excluding tert-OH is 6. The number of ether oxygens (including phenoxy) is 3. The maximum Gasteiger partial charge on any atom is 0.303 e. The molecule has 3 saturated carbocycles. The van der Waals surface area contributed by atoms with Crippen LogP contribution in [0.25, 0.3) is 0 Å². The lowest BCUT2D eigenvalue weighted by atomic mass is 9.38. The Labute approximate surface area is 303 Å². The fourth-order valence-corrected chi connectivity index (χ4v) is 10.9. The normalized spacial score (nSPS) is 44.3. The first-order chi connectivity index (χ1) is 23.9. The van der Waals surface area contributed by atoms with Gasteiger partial charge in [-0.2, -0.15) is 0 Å². The van der Waals surface area contributed by atoms with Gasteiger partial charge in [0.05, 0.1) is 24.7 Å². The first kappa shape index (κ1) is 40.8. The number of carbonyl (C=O) groups excluding carboxylic acids is 4. The second kappa shape index (κ2) is 13.4. The number of ketones is 3. The minimum atomic E-state index is -2.15. The van der Waals surface area contributed by atoms with Gasteiger partial charge in [-0.05, 0) is 88.7 Å². The van der Waals surface area contributed by atoms with Gasteiger partial charge in [-0.1, -0.05) is 25.5 Å². The highest BCUT2D eigenvalue weighted by atomic mass is 16.7. The quantitative estimate of drug-likeness (QED) is 0.0958. The monoisotopic (exact) mass is 736 g/mol. The molecule has 0 bridgehead atoms. The lowest BCUT2D eigenvalue weighted by Gasteiger charge is -2.65. The van der Waals surface area contributed by atoms with Gasteiger partial charge in [0.2, 0.25) is 0 Å². The number of allylic oxidation sites excluding steroid dienone is 2. The van der Waals surface area contributed by atoms with Crippen LogP contribution in [0.2, 0.25) is 0 Å². The first-order valence-corrected chi connectivity index (χ1v) is 18.1. The molecule has 52 heavy (non-hydrogen) atoms. The molecule has 14 nitrogen and oxygen atoms in total. The zero-order valence-corrected chi connectivity index (χ0v) is 31.2. The summed E-state index contributed by atoms with van der Waals surface area (Å²) < 4.78 is 16.8. The molecule has 0 amide bonds. The molecule has 0 unspecified atom stereocenters. The van der Waals surface area contributed by atoms with Crippen LogP contribution in [0.1, 0.15) is 81.1 Å². The van der Waals surface area contributed by atoms with Gasteiger partial charge in [-0.15, -0.1) is 0 Å². The molecule has 0 aromatic heterocycles. The summed E-state index contributed by atoms with van der Waals surface area (Å²) in [5.74, 6) is -4.46. The molecule has 1 heterocycles. The Morgan fingerprint density at radius 2 is 1.63 bits per heavy atom. The van der Waals surface area contributed by atoms with Crippen LogP contribution in [0.15, 0.2) is 23.8 Å². The second-order valence-corrected chi connectivity index (χ2v) is 17.5. The average Bonchev–Trinajstić information content (AvgIpc) is 3.25. The molecule has 5 rings (SSSR count). The van der Waals surface area contributed by atoms with Crippen LogP contribution in [-0.4, -0.2) is 126 Å². The van der Waals surface area contributed by atoms with Crippen molar-refractivity contribution in [1.82, 2.24) is 0 Å². The standard InChI is InChI=1S/C38H56O14/c1-18(41)52-33(2,3)12-11-25(43)37(8,49)30-21(42)14-35(6)24-10-9-19-20(38(24,17-40)26(44)15-36(30,35)7)13-22(31(48)34(19,4)5)50-32-29(47)28(46)27(45)23(16-39)51-32/h9,11-12,20-24,27-30,32,39-40,42,45-47,49H,10,13-17H2,1-8H3/b12-11+/t20-,21+,22-,23+,24-,27+,28-,29+,30-,32+,35-,36+,37-,38-/m0/s1. The van der Waals surface area contributed by atoms with Crippen molar-refractivity contribution in [3.63, 3.8) is 0 Å². The van der Waals surface area contributed by atoms with Crippen molar-refractivity contribution in [2.75, 3.05) is 13.2 Å². The Kier molecular flexibility index (Phi) is 10.5. The number of esters is 1. The Morgan fingerprint density at radius 1 is 1.00 bits per heavy atom. The first-order valence-electron chi connectivity index (χ1n) is 18.1. The highest BCUT2D eigenvalue weighted by Gasteiger charge is 2.75. The van der Waals surface area contributed by atoms with Crippen LogP contribution < -0.4 is 0 Å². The van der Waals surface area contributed by atoms with E-state index in [1.165, 1.54) is 19.9 Å². The van der Waals surface area contributed by atoms with Crippen molar-refractivity contribution in [3.8, 4) is 0 Å². The molecule has 0 radical (unpaired) electrons. The van der Waals surface area contributed by atoms with Gasteiger partial charge in [-0.25, -0.2) is 0 Å². The van der Waals surface area contributed by atoms with E-state index < -0.39 is 118 Å². The fourth-order valence-electron chi connectivity index (χ4n) is 10.9. The molecule has 0 aromatic carbocycles. The molecule has 292 valence electrons. The van der Waals surface area contributed by atoms with Crippen LogP contribution in [0.3, 0.4) is 0 Å². The summed E-state index contributed by atoms with van der Waals surface area (Å²) in [4.78, 5) is 54.1. The van der Waals surface area contributed by atoms with Crippen molar-refractivity contribution in [3.05, 3.63) is 23.8 Å². The maximum absolute atomic E-state index is 14.9. The fraction of sp³-hybridized carbons (Fsp3) is 0.789. The van der Waals surface area contributed by atoms with E-state index in [0.29, 0.717) is 5.57 Å². The molecule has 7 N–H and O–H groups in total. The number of carbonyl (C=O) groups is 4. The van der Waals surface area contributed by atoms with Crippen molar-refractivity contribution >= 4 is 23.3 Å². The number of rotatable bonds is 9. The highest BCUT2D eigenvalue weighted by Crippen LogP contribution is 2.74. The predicted octanol–water partition coefficient (Wildman–Crippen LogP) is 0.296. The number of aliphatic hydroxyl groups is 7. The molecule has 1 saturated heterocycles. The third kappa shape index (κ3) is 5.97. The molecule has 0 aromatic rings. The summed E-state index contributed by atoms with van der Waals surface area (Å²) in [5.41, 5.74) is -7.36. The van der Waals surface area contributed by atoms with E-state index in [-0.39, 0.29) is 37.2 Å². The summed E-state index contributed by atoms with van der Waals surface area (Å²) in [7, 11) is 0. The molecule has 4 fully saturated rings. The van der Waals surface area contributed by atoms with Gasteiger partial charge in [0, 0.05) is 24.7 Å². The van der Waals surface area contributed by atoms with E-state index in [9.17, 15) is 54.9 Å². The Balaban J connectivity index is 1.51. The Hall–Kier alpha value is -2.40. The lowest BCUT2D eigenvalue weighted by molar-refractivity contribution is -0.311. The van der Waals surface area contributed by atoms with Crippen molar-refractivity contribution in [2.45, 2.75) is 135 Å². The summed E-state index contributed by atoms with van der Waals surface area (Å²) in [6, 6.07) is 0. The minimum absolute atomic E-state index is 0.0934. The van der Waals surface area contributed by atoms with E-state index in [1.54, 1.807) is 34.6 Å². The van der Waals surface area contributed by atoms with Gasteiger partial charge < -0.3 is 50.0 Å². The zero-order chi connectivity index (χ0) is 39.1. The minimum Gasteiger partial charge on any atom is -0.456 e. The van der Waals surface area contributed by atoms with Crippen LogP contribution in [0.5, 0.6) is 0 Å². The molecule has 14 heteroatoms. The van der Waals surface area contributed by atoms with Gasteiger partial charge in [0.1, 0.15) is 47.5 Å². The third-order valence-corrected chi connectivity index (χ3v) is 13.7. The molecule has 4 aliphatic carbocycles. The molecule has 1 aliphatic heterocycles. The summed E-state index contributed by atoms with van der Waals surface area (Å²) in [5, 5.41) is 76.1. The zero-order valence-electron chi connectivity index (χ0n) is 31.2. The van der Waals surface area contributed by atoms with E-state index in [1.807, 2.05) is 13.0 Å². The van der Waals surface area contributed by atoms with Crippen molar-refractivity contribution in [1.29, 1.82) is 0 Å². The van der Waals surface area contributed by atoms with E-state index in [2.05, 4.69) is 0 Å². The summed E-state index contributed by atoms with van der Waals surface area (Å²) >= 11 is 0. The molecular weight excluding hydrogens is 680 g/mol. The van der Waals surface area contributed by atoms with E-state index >= 15 is 0 Å². The third-order valence-electron chi connectivity index (χ3n) is 13.7. The predicted molar refractivity (Wildman–Crippen MR) is 182 cm³/mol. The van der Waals surface area contributed by atoms with Gasteiger partial charge in [0.15, 0.2) is 17.9 Å². The molecule has 0 spiro atoms. The van der Waals surface area contributed by atoms with Crippen LogP contribution in [0, 0.1) is 39.4 Å². The van der Waals surface area contributed by atoms with Crippen LogP contribution in [0.4, 0.5) is 0 Å². The lowest BCUT2D eigenvalue weighted by Crippen LogP contribution is -2.67. The smallest absolute Gasteiger partial charge is 0.303 e. The SMILES string of the molecule is CC(=O)OC(C)(C)/C=C/C(=O)[C@](C)(O)[C@H]1[C@H](O)C[C@@]2(C)[C@@H]3CC=C4[C@H](C[C@H](O[C@@H]5O[C@H](CO)[C@@H](O)[C@H](O)[C@H]5O)C(=O)C4(C)C)[C@]3(CO)C(=O)C[C@]12C. The number of fused-ring (bicyclic) bond motifs is 5. The average molecular weight is 737 g/mol. The maximum atomic E-state index is 14.9. The summed E-state index contributed by atoms with van der Waals surface area (Å²) in [6.45, 7) is 11.5. The van der Waals surface area contributed by atoms with E-state index in [0.717, 1.165) is 6.08 Å². The molecular formula is C38H56O14. The largest absolute Gasteiger partial charge is 0.456 e. The number of hydrogen-bond acceptors (Lipinski definition) is 14. The van der Waals surface area contributed by atoms with E-state index in [4.69, 9.17) is 14.2 Å². The van der Waals surface area contributed by atoms with Gasteiger partial charge >= 0.3 is 5.97 Å². The molecule has 14 atom stereocenters. The van der Waals surface area contributed by atoms with Gasteiger partial charge in [0.25, 0.3) is 0 Å². The number of hydrogen-bond donors (Lipinski definition) is 7. The topological polar surface area (TPSA) is 238 Å². The highest BCUT2D eigenvalue weighted by molar-refractivity contribution is 5.98. The van der Waals surface area contributed by atoms with Crippen LogP contribution in [-0.2, 0) is 33.4 Å². The van der Waals surface area contributed by atoms with Crippen molar-refractivity contribution in [2.24, 2.45) is 39.4 Å². The Morgan fingerprint density at radius 3 is 2.21 bits per heavy atom. The summed E-state index contributed by atoms with van der Waals surface area (Å²) in [6.07, 6.45) is -6.03. The Bertz CT molecular complexity index is 1530. The number of Topliss-reactive ketones (excluding diaryl/α,β-unsaturated/α-hetero) is 2. The van der Waals surface area contributed by atoms with Crippen molar-refractivity contribution < 1.29 is 69.1 Å². The molecule has 5 aliphatic rings.